The van der Waals surface area contributed by atoms with Gasteiger partial charge in [-0.05, 0) is 37.8 Å². The molecule has 94 valence electrons. The van der Waals surface area contributed by atoms with Gasteiger partial charge in [0.25, 0.3) is 0 Å². The van der Waals surface area contributed by atoms with E-state index in [0.717, 1.165) is 5.75 Å². The Balaban J connectivity index is 2.23. The molecule has 3 heteroatoms. The van der Waals surface area contributed by atoms with Crippen LogP contribution in [-0.4, -0.2) is 20.3 Å². The largest absolute Gasteiger partial charge is 0.496 e. The van der Waals surface area contributed by atoms with Crippen LogP contribution in [0, 0.1) is 12.8 Å². The molecule has 0 amide bonds. The number of ether oxygens (including phenoxy) is 2. The highest BCUT2D eigenvalue weighted by atomic mass is 16.5. The molecule has 0 heterocycles. The molecule has 1 atom stereocenters. The second-order valence-corrected chi connectivity index (χ2v) is 4.66. The molecule has 2 rings (SSSR count). The van der Waals surface area contributed by atoms with E-state index in [1.165, 1.54) is 24.0 Å². The van der Waals surface area contributed by atoms with Gasteiger partial charge in [-0.25, -0.2) is 0 Å². The quantitative estimate of drug-likeness (QED) is 0.823. The van der Waals surface area contributed by atoms with Crippen LogP contribution in [0.25, 0.3) is 0 Å². The molecule has 0 radical (unpaired) electrons. The Morgan fingerprint density at radius 3 is 2.76 bits per heavy atom. The molecule has 1 unspecified atom stereocenters. The molecule has 1 fully saturated rings. The zero-order valence-electron chi connectivity index (χ0n) is 10.6. The lowest BCUT2D eigenvalue weighted by Crippen LogP contribution is -2.15. The molecule has 1 aromatic carbocycles. The van der Waals surface area contributed by atoms with Gasteiger partial charge < -0.3 is 15.2 Å². The van der Waals surface area contributed by atoms with E-state index in [1.807, 2.05) is 6.07 Å². The van der Waals surface area contributed by atoms with E-state index in [2.05, 4.69) is 19.1 Å². The highest BCUT2D eigenvalue weighted by Crippen LogP contribution is 2.45. The first-order chi connectivity index (χ1) is 8.26. The van der Waals surface area contributed by atoms with Crippen molar-refractivity contribution in [3.8, 4) is 5.75 Å². The van der Waals surface area contributed by atoms with Crippen LogP contribution in [0.1, 0.15) is 30.1 Å². The molecule has 0 saturated heterocycles. The molecule has 1 saturated carbocycles. The van der Waals surface area contributed by atoms with E-state index in [4.69, 9.17) is 15.2 Å². The van der Waals surface area contributed by atoms with Crippen LogP contribution in [0.3, 0.4) is 0 Å². The third-order valence-electron chi connectivity index (χ3n) is 3.16. The summed E-state index contributed by atoms with van der Waals surface area (Å²) in [6, 6.07) is 6.25. The van der Waals surface area contributed by atoms with Crippen molar-refractivity contribution in [2.24, 2.45) is 11.7 Å². The predicted octanol–water partition coefficient (Wildman–Crippen LogP) is 2.43. The SMILES string of the molecule is COc1ccc(C)cc1C(OCCN)C1CC1. The summed E-state index contributed by atoms with van der Waals surface area (Å²) >= 11 is 0. The first kappa shape index (κ1) is 12.4. The number of hydrogen-bond acceptors (Lipinski definition) is 3. The van der Waals surface area contributed by atoms with E-state index in [1.54, 1.807) is 7.11 Å². The van der Waals surface area contributed by atoms with Gasteiger partial charge in [-0.15, -0.1) is 0 Å². The van der Waals surface area contributed by atoms with E-state index in [9.17, 15) is 0 Å². The summed E-state index contributed by atoms with van der Waals surface area (Å²) < 4.78 is 11.3. The van der Waals surface area contributed by atoms with Gasteiger partial charge in [0.2, 0.25) is 0 Å². The maximum absolute atomic E-state index is 5.89. The second-order valence-electron chi connectivity index (χ2n) is 4.66. The number of rotatable bonds is 6. The third kappa shape index (κ3) is 2.99. The molecule has 1 aliphatic carbocycles. The van der Waals surface area contributed by atoms with Gasteiger partial charge in [0.1, 0.15) is 5.75 Å². The molecule has 1 aromatic rings. The van der Waals surface area contributed by atoms with Crippen molar-refractivity contribution in [3.05, 3.63) is 29.3 Å². The van der Waals surface area contributed by atoms with Crippen molar-refractivity contribution in [3.63, 3.8) is 0 Å². The lowest BCUT2D eigenvalue weighted by molar-refractivity contribution is 0.0407. The summed E-state index contributed by atoms with van der Waals surface area (Å²) in [7, 11) is 1.71. The highest BCUT2D eigenvalue weighted by molar-refractivity contribution is 5.39. The molecule has 17 heavy (non-hydrogen) atoms. The summed E-state index contributed by atoms with van der Waals surface area (Å²) in [6.45, 7) is 3.27. The van der Waals surface area contributed by atoms with Crippen molar-refractivity contribution < 1.29 is 9.47 Å². The van der Waals surface area contributed by atoms with E-state index in [-0.39, 0.29) is 6.10 Å². The van der Waals surface area contributed by atoms with Gasteiger partial charge in [0, 0.05) is 12.1 Å². The fraction of sp³-hybridized carbons (Fsp3) is 0.571. The maximum Gasteiger partial charge on any atom is 0.124 e. The van der Waals surface area contributed by atoms with Gasteiger partial charge in [0.15, 0.2) is 0 Å². The lowest BCUT2D eigenvalue weighted by Gasteiger charge is -2.20. The number of benzene rings is 1. The van der Waals surface area contributed by atoms with Crippen LogP contribution in [0.2, 0.25) is 0 Å². The Kier molecular flexibility index (Phi) is 4.02. The smallest absolute Gasteiger partial charge is 0.124 e. The van der Waals surface area contributed by atoms with Crippen LogP contribution in [0.4, 0.5) is 0 Å². The Labute approximate surface area is 103 Å². The summed E-state index contributed by atoms with van der Waals surface area (Å²) in [6.07, 6.45) is 2.63. The van der Waals surface area contributed by atoms with Crippen LogP contribution in [-0.2, 0) is 4.74 Å². The fourth-order valence-electron chi connectivity index (χ4n) is 2.15. The normalized spacial score (nSPS) is 16.9. The molecular formula is C14H21NO2. The van der Waals surface area contributed by atoms with Gasteiger partial charge in [-0.1, -0.05) is 11.6 Å². The Morgan fingerprint density at radius 2 is 2.18 bits per heavy atom. The number of methoxy groups -OCH3 is 1. The lowest BCUT2D eigenvalue weighted by atomic mass is 10.0. The van der Waals surface area contributed by atoms with E-state index >= 15 is 0 Å². The molecule has 0 aromatic heterocycles. The summed E-state index contributed by atoms with van der Waals surface area (Å²) in [5, 5.41) is 0. The monoisotopic (exact) mass is 235 g/mol. The number of nitrogens with two attached hydrogens (primary N) is 1. The zero-order chi connectivity index (χ0) is 12.3. The van der Waals surface area contributed by atoms with Gasteiger partial charge >= 0.3 is 0 Å². The van der Waals surface area contributed by atoms with Crippen LogP contribution >= 0.6 is 0 Å². The van der Waals surface area contributed by atoms with Crippen molar-refractivity contribution in [2.75, 3.05) is 20.3 Å². The average Bonchev–Trinajstić information content (AvgIpc) is 3.14. The Bertz CT molecular complexity index is 374. The minimum atomic E-state index is 0.147. The molecular weight excluding hydrogens is 214 g/mol. The van der Waals surface area contributed by atoms with Gasteiger partial charge in [0.05, 0.1) is 19.8 Å². The third-order valence-corrected chi connectivity index (χ3v) is 3.16. The van der Waals surface area contributed by atoms with Crippen LogP contribution in [0.15, 0.2) is 18.2 Å². The standard InChI is InChI=1S/C14H21NO2/c1-10-3-6-13(16-2)12(9-10)14(11-4-5-11)17-8-7-15/h3,6,9,11,14H,4-5,7-8,15H2,1-2H3. The van der Waals surface area contributed by atoms with Crippen molar-refractivity contribution in [1.82, 2.24) is 0 Å². The topological polar surface area (TPSA) is 44.5 Å². The molecule has 3 nitrogen and oxygen atoms in total. The number of hydrogen-bond donors (Lipinski definition) is 1. The molecule has 0 spiro atoms. The number of aryl methyl sites for hydroxylation is 1. The first-order valence-electron chi connectivity index (χ1n) is 6.22. The van der Waals surface area contributed by atoms with Crippen molar-refractivity contribution in [1.29, 1.82) is 0 Å². The van der Waals surface area contributed by atoms with Crippen molar-refractivity contribution >= 4 is 0 Å². The van der Waals surface area contributed by atoms with Crippen LogP contribution < -0.4 is 10.5 Å². The van der Waals surface area contributed by atoms with E-state index < -0.39 is 0 Å². The average molecular weight is 235 g/mol. The molecule has 1 aliphatic rings. The summed E-state index contributed by atoms with van der Waals surface area (Å²) in [5.74, 6) is 1.56. The molecule has 2 N–H and O–H groups in total. The van der Waals surface area contributed by atoms with Gasteiger partial charge in [-0.2, -0.15) is 0 Å². The Hall–Kier alpha value is -1.06. The highest BCUT2D eigenvalue weighted by Gasteiger charge is 2.34. The van der Waals surface area contributed by atoms with E-state index in [0.29, 0.717) is 19.1 Å². The second kappa shape index (κ2) is 5.52. The maximum atomic E-state index is 5.89. The molecule has 0 aliphatic heterocycles. The fourth-order valence-corrected chi connectivity index (χ4v) is 2.15. The summed E-state index contributed by atoms with van der Waals surface area (Å²) in [5.41, 5.74) is 7.93. The van der Waals surface area contributed by atoms with Crippen molar-refractivity contribution in [2.45, 2.75) is 25.9 Å². The zero-order valence-corrected chi connectivity index (χ0v) is 10.6. The van der Waals surface area contributed by atoms with Gasteiger partial charge in [-0.3, -0.25) is 0 Å². The van der Waals surface area contributed by atoms with Crippen LogP contribution in [0.5, 0.6) is 5.75 Å². The summed E-state index contributed by atoms with van der Waals surface area (Å²) in [4.78, 5) is 0. The molecule has 0 bridgehead atoms. The predicted molar refractivity (Wildman–Crippen MR) is 68.2 cm³/mol. The minimum absolute atomic E-state index is 0.147. The first-order valence-corrected chi connectivity index (χ1v) is 6.22. The minimum Gasteiger partial charge on any atom is -0.496 e. The Morgan fingerprint density at radius 1 is 1.41 bits per heavy atom.